The third-order valence-electron chi connectivity index (χ3n) is 2.74. The third kappa shape index (κ3) is 2.47. The van der Waals surface area contributed by atoms with Gasteiger partial charge in [-0.05, 0) is 13.0 Å². The third-order valence-corrected chi connectivity index (χ3v) is 2.74. The fourth-order valence-corrected chi connectivity index (χ4v) is 1.91. The number of nitrogens with zero attached hydrogens (tertiary/aromatic N) is 2. The second-order valence-corrected chi connectivity index (χ2v) is 4.21. The summed E-state index contributed by atoms with van der Waals surface area (Å²) in [6, 6.07) is 7.49. The van der Waals surface area contributed by atoms with E-state index in [1.54, 1.807) is 26.6 Å². The van der Waals surface area contributed by atoms with E-state index >= 15 is 0 Å². The monoisotopic (exact) mass is 232 g/mol. The highest BCUT2D eigenvalue weighted by Gasteiger charge is 2.26. The van der Waals surface area contributed by atoms with Crippen molar-refractivity contribution in [2.45, 2.75) is 19.1 Å². The summed E-state index contributed by atoms with van der Waals surface area (Å²) < 4.78 is 7.11. The molecular formula is C13H16N2O2. The minimum absolute atomic E-state index is 0.438. The topological polar surface area (TPSA) is 47.3 Å². The predicted molar refractivity (Wildman–Crippen MR) is 64.8 cm³/mol. The Balaban J connectivity index is 2.30. The van der Waals surface area contributed by atoms with E-state index in [1.807, 2.05) is 35.0 Å². The maximum atomic E-state index is 10.5. The summed E-state index contributed by atoms with van der Waals surface area (Å²) in [5, 5.41) is 10.5. The number of ether oxygens (including phenoxy) is 1. The smallest absolute Gasteiger partial charge is 0.125 e. The zero-order valence-corrected chi connectivity index (χ0v) is 10.00. The van der Waals surface area contributed by atoms with Crippen molar-refractivity contribution < 1.29 is 9.84 Å². The lowest BCUT2D eigenvalue weighted by Gasteiger charge is -2.26. The first kappa shape index (κ1) is 11.7. The van der Waals surface area contributed by atoms with Crippen molar-refractivity contribution in [3.05, 3.63) is 48.5 Å². The molecule has 0 aliphatic rings. The molecule has 0 aliphatic heterocycles. The summed E-state index contributed by atoms with van der Waals surface area (Å²) in [4.78, 5) is 3.96. The van der Waals surface area contributed by atoms with E-state index in [1.165, 1.54) is 0 Å². The predicted octanol–water partition coefficient (Wildman–Crippen LogP) is 1.80. The number of para-hydroxylation sites is 1. The lowest BCUT2D eigenvalue weighted by Crippen LogP contribution is -2.27. The van der Waals surface area contributed by atoms with Crippen molar-refractivity contribution in [3.8, 4) is 5.75 Å². The molecule has 0 amide bonds. The van der Waals surface area contributed by atoms with Crippen molar-refractivity contribution in [1.29, 1.82) is 0 Å². The molecule has 17 heavy (non-hydrogen) atoms. The molecule has 0 aliphatic carbocycles. The van der Waals surface area contributed by atoms with Gasteiger partial charge in [-0.25, -0.2) is 4.98 Å². The van der Waals surface area contributed by atoms with Gasteiger partial charge in [-0.3, -0.25) is 0 Å². The van der Waals surface area contributed by atoms with Crippen molar-refractivity contribution in [1.82, 2.24) is 9.55 Å². The van der Waals surface area contributed by atoms with Gasteiger partial charge in [0.15, 0.2) is 0 Å². The maximum Gasteiger partial charge on any atom is 0.125 e. The van der Waals surface area contributed by atoms with Crippen LogP contribution in [-0.4, -0.2) is 21.8 Å². The van der Waals surface area contributed by atoms with Crippen LogP contribution in [0.5, 0.6) is 5.75 Å². The van der Waals surface area contributed by atoms with E-state index < -0.39 is 5.60 Å². The Morgan fingerprint density at radius 2 is 2.18 bits per heavy atom. The van der Waals surface area contributed by atoms with Crippen molar-refractivity contribution in [2.75, 3.05) is 7.11 Å². The molecule has 0 spiro atoms. The molecule has 90 valence electrons. The highest BCUT2D eigenvalue weighted by Crippen LogP contribution is 2.30. The molecule has 1 heterocycles. The Bertz CT molecular complexity index is 478. The molecule has 4 heteroatoms. The summed E-state index contributed by atoms with van der Waals surface area (Å²) in [6.07, 6.45) is 5.20. The molecule has 0 saturated heterocycles. The molecule has 0 fully saturated rings. The Kier molecular flexibility index (Phi) is 3.15. The SMILES string of the molecule is COc1ccccc1C(C)(O)Cn1ccnc1. The van der Waals surface area contributed by atoms with E-state index in [4.69, 9.17) is 4.74 Å². The molecule has 2 aromatic rings. The first-order chi connectivity index (χ1) is 8.13. The molecule has 2 rings (SSSR count). The summed E-state index contributed by atoms with van der Waals surface area (Å²) in [7, 11) is 1.60. The van der Waals surface area contributed by atoms with Crippen LogP contribution in [-0.2, 0) is 12.1 Å². The molecule has 1 aromatic heterocycles. The summed E-state index contributed by atoms with van der Waals surface area (Å²) in [5.74, 6) is 0.692. The number of methoxy groups -OCH3 is 1. The van der Waals surface area contributed by atoms with Crippen LogP contribution in [0.15, 0.2) is 43.0 Å². The van der Waals surface area contributed by atoms with E-state index in [0.717, 1.165) is 5.56 Å². The molecule has 0 saturated carbocycles. The second kappa shape index (κ2) is 4.59. The van der Waals surface area contributed by atoms with E-state index in [2.05, 4.69) is 4.98 Å². The number of benzene rings is 1. The molecule has 1 atom stereocenters. The molecule has 0 bridgehead atoms. The van der Waals surface area contributed by atoms with Crippen LogP contribution < -0.4 is 4.74 Å². The summed E-state index contributed by atoms with van der Waals surface area (Å²) in [6.45, 7) is 2.21. The molecular weight excluding hydrogens is 216 g/mol. The van der Waals surface area contributed by atoms with Gasteiger partial charge in [-0.2, -0.15) is 0 Å². The fraction of sp³-hybridized carbons (Fsp3) is 0.308. The highest BCUT2D eigenvalue weighted by atomic mass is 16.5. The Hall–Kier alpha value is -1.81. The van der Waals surface area contributed by atoms with Gasteiger partial charge in [-0.1, -0.05) is 18.2 Å². The standard InChI is InChI=1S/C13H16N2O2/c1-13(16,9-15-8-7-14-10-15)11-5-3-4-6-12(11)17-2/h3-8,10,16H,9H2,1-2H3. The second-order valence-electron chi connectivity index (χ2n) is 4.21. The molecule has 4 nitrogen and oxygen atoms in total. The zero-order chi connectivity index (χ0) is 12.3. The average molecular weight is 232 g/mol. The Morgan fingerprint density at radius 1 is 1.41 bits per heavy atom. The fourth-order valence-electron chi connectivity index (χ4n) is 1.91. The first-order valence-corrected chi connectivity index (χ1v) is 5.45. The van der Waals surface area contributed by atoms with Gasteiger partial charge in [-0.15, -0.1) is 0 Å². The van der Waals surface area contributed by atoms with Crippen LogP contribution in [0, 0.1) is 0 Å². The van der Waals surface area contributed by atoms with Gasteiger partial charge in [0.1, 0.15) is 11.4 Å². The van der Waals surface area contributed by atoms with Crippen LogP contribution in [0.3, 0.4) is 0 Å². The zero-order valence-electron chi connectivity index (χ0n) is 10.00. The van der Waals surface area contributed by atoms with Crippen LogP contribution in [0.4, 0.5) is 0 Å². The van der Waals surface area contributed by atoms with Gasteiger partial charge in [0.2, 0.25) is 0 Å². The first-order valence-electron chi connectivity index (χ1n) is 5.45. The number of aliphatic hydroxyl groups is 1. The molecule has 1 N–H and O–H groups in total. The lowest BCUT2D eigenvalue weighted by atomic mass is 9.95. The van der Waals surface area contributed by atoms with E-state index in [0.29, 0.717) is 12.3 Å². The van der Waals surface area contributed by atoms with Crippen LogP contribution >= 0.6 is 0 Å². The maximum absolute atomic E-state index is 10.5. The van der Waals surface area contributed by atoms with Crippen molar-refractivity contribution in [3.63, 3.8) is 0 Å². The summed E-state index contributed by atoms with van der Waals surface area (Å²) in [5.41, 5.74) is -0.218. The van der Waals surface area contributed by atoms with Gasteiger partial charge in [0.05, 0.1) is 20.0 Å². The van der Waals surface area contributed by atoms with Gasteiger partial charge in [0.25, 0.3) is 0 Å². The Labute approximate surface area is 100 Å². The van der Waals surface area contributed by atoms with E-state index in [9.17, 15) is 5.11 Å². The largest absolute Gasteiger partial charge is 0.496 e. The van der Waals surface area contributed by atoms with Gasteiger partial charge < -0.3 is 14.4 Å². The minimum atomic E-state index is -0.993. The Morgan fingerprint density at radius 3 is 2.82 bits per heavy atom. The molecule has 1 unspecified atom stereocenters. The number of rotatable bonds is 4. The lowest BCUT2D eigenvalue weighted by molar-refractivity contribution is 0.0358. The molecule has 0 radical (unpaired) electrons. The highest BCUT2D eigenvalue weighted by molar-refractivity contribution is 5.37. The number of hydrogen-bond acceptors (Lipinski definition) is 3. The van der Waals surface area contributed by atoms with Crippen LogP contribution in [0.2, 0.25) is 0 Å². The minimum Gasteiger partial charge on any atom is -0.496 e. The normalized spacial score (nSPS) is 14.3. The van der Waals surface area contributed by atoms with Crippen LogP contribution in [0.25, 0.3) is 0 Å². The van der Waals surface area contributed by atoms with Gasteiger partial charge >= 0.3 is 0 Å². The molecule has 1 aromatic carbocycles. The number of imidazole rings is 1. The number of aromatic nitrogens is 2. The van der Waals surface area contributed by atoms with Crippen molar-refractivity contribution in [2.24, 2.45) is 0 Å². The number of hydrogen-bond donors (Lipinski definition) is 1. The van der Waals surface area contributed by atoms with Gasteiger partial charge in [0, 0.05) is 18.0 Å². The average Bonchev–Trinajstić information content (AvgIpc) is 2.81. The van der Waals surface area contributed by atoms with Crippen molar-refractivity contribution >= 4 is 0 Å². The van der Waals surface area contributed by atoms with E-state index in [-0.39, 0.29) is 0 Å². The van der Waals surface area contributed by atoms with Crippen LogP contribution in [0.1, 0.15) is 12.5 Å². The quantitative estimate of drug-likeness (QED) is 0.874. The summed E-state index contributed by atoms with van der Waals surface area (Å²) >= 11 is 0.